The number of hydrogen-bond acceptors (Lipinski definition) is 4. The molecule has 0 spiro atoms. The first-order chi connectivity index (χ1) is 14.1. The van der Waals surface area contributed by atoms with E-state index in [9.17, 15) is 9.59 Å². The van der Waals surface area contributed by atoms with Gasteiger partial charge in [-0.2, -0.15) is 0 Å². The van der Waals surface area contributed by atoms with Crippen LogP contribution in [0.15, 0.2) is 48.5 Å². The number of rotatable bonds is 5. The lowest BCUT2D eigenvalue weighted by molar-refractivity contribution is -0.125. The van der Waals surface area contributed by atoms with Gasteiger partial charge in [-0.3, -0.25) is 9.59 Å². The van der Waals surface area contributed by atoms with Crippen LogP contribution >= 0.6 is 0 Å². The van der Waals surface area contributed by atoms with E-state index in [0.717, 1.165) is 35.7 Å². The number of amides is 2. The minimum absolute atomic E-state index is 0.0315. The van der Waals surface area contributed by atoms with Crippen LogP contribution in [0.1, 0.15) is 31.2 Å². The first-order valence-electron chi connectivity index (χ1n) is 10.1. The molecule has 2 aromatic rings. The summed E-state index contributed by atoms with van der Waals surface area (Å²) in [5.74, 6) is 0.891. The number of anilines is 2. The molecule has 2 amide bonds. The van der Waals surface area contributed by atoms with Crippen LogP contribution in [0.3, 0.4) is 0 Å². The molecule has 2 fully saturated rings. The number of hydrogen-bond donors (Lipinski definition) is 1. The van der Waals surface area contributed by atoms with Crippen LogP contribution in [0.5, 0.6) is 5.75 Å². The first-order valence-corrected chi connectivity index (χ1v) is 10.1. The lowest BCUT2D eigenvalue weighted by atomic mass is 9.73. The Labute approximate surface area is 170 Å². The molecule has 6 nitrogen and oxygen atoms in total. The summed E-state index contributed by atoms with van der Waals surface area (Å²) >= 11 is 0. The highest BCUT2D eigenvalue weighted by molar-refractivity contribution is 6.00. The van der Waals surface area contributed by atoms with Gasteiger partial charge in [-0.15, -0.1) is 0 Å². The molecule has 0 aliphatic carbocycles. The molecule has 4 rings (SSSR count). The lowest BCUT2D eigenvalue weighted by Gasteiger charge is -2.36. The zero-order valence-corrected chi connectivity index (χ0v) is 16.6. The van der Waals surface area contributed by atoms with Crippen molar-refractivity contribution in [2.75, 3.05) is 37.1 Å². The Kier molecular flexibility index (Phi) is 5.53. The smallest absolute Gasteiger partial charge is 0.235 e. The van der Waals surface area contributed by atoms with E-state index in [1.54, 1.807) is 12.0 Å². The third kappa shape index (κ3) is 3.85. The summed E-state index contributed by atoms with van der Waals surface area (Å²) in [6.45, 7) is 1.86. The lowest BCUT2D eigenvalue weighted by Crippen LogP contribution is -2.44. The van der Waals surface area contributed by atoms with Crippen LogP contribution < -0.4 is 15.0 Å². The van der Waals surface area contributed by atoms with E-state index in [1.807, 2.05) is 48.5 Å². The van der Waals surface area contributed by atoms with Crippen LogP contribution in [-0.4, -0.2) is 38.7 Å². The van der Waals surface area contributed by atoms with Crippen molar-refractivity contribution in [3.05, 3.63) is 54.1 Å². The van der Waals surface area contributed by atoms with Gasteiger partial charge in [0.1, 0.15) is 5.75 Å². The number of carbonyl (C=O) groups is 2. The van der Waals surface area contributed by atoms with Gasteiger partial charge in [0.15, 0.2) is 0 Å². The number of benzene rings is 2. The molecule has 2 aliphatic heterocycles. The van der Waals surface area contributed by atoms with Gasteiger partial charge in [0, 0.05) is 37.6 Å². The van der Waals surface area contributed by atoms with Crippen molar-refractivity contribution in [1.82, 2.24) is 0 Å². The normalized spacial score (nSPS) is 18.5. The minimum Gasteiger partial charge on any atom is -0.497 e. The van der Waals surface area contributed by atoms with Gasteiger partial charge >= 0.3 is 0 Å². The van der Waals surface area contributed by atoms with Gasteiger partial charge in [0.2, 0.25) is 11.8 Å². The molecular weight excluding hydrogens is 368 g/mol. The molecule has 0 bridgehead atoms. The topological polar surface area (TPSA) is 67.9 Å². The largest absolute Gasteiger partial charge is 0.497 e. The van der Waals surface area contributed by atoms with Crippen molar-refractivity contribution in [2.24, 2.45) is 0 Å². The molecule has 0 atom stereocenters. The van der Waals surface area contributed by atoms with E-state index in [1.165, 1.54) is 0 Å². The van der Waals surface area contributed by atoms with Gasteiger partial charge in [0.25, 0.3) is 0 Å². The average Bonchev–Trinajstić information content (AvgIpc) is 3.20. The Bertz CT molecular complexity index is 871. The summed E-state index contributed by atoms with van der Waals surface area (Å²) < 4.78 is 10.8. The average molecular weight is 394 g/mol. The van der Waals surface area contributed by atoms with E-state index in [-0.39, 0.29) is 11.8 Å². The van der Waals surface area contributed by atoms with E-state index >= 15 is 0 Å². The maximum Gasteiger partial charge on any atom is 0.235 e. The highest BCUT2D eigenvalue weighted by Gasteiger charge is 2.41. The zero-order valence-electron chi connectivity index (χ0n) is 16.6. The quantitative estimate of drug-likeness (QED) is 0.843. The molecule has 0 saturated carbocycles. The standard InChI is InChI=1S/C23H26N2O4/c1-28-20-10-4-17(5-11-20)23(12-15-29-16-13-23)22(27)24-18-6-8-19(9-7-18)25-14-2-3-21(25)26/h4-11H,2-3,12-16H2,1H3,(H,24,27). The van der Waals surface area contributed by atoms with Gasteiger partial charge in [0.05, 0.1) is 12.5 Å². The van der Waals surface area contributed by atoms with Gasteiger partial charge in [-0.05, 0) is 61.2 Å². The summed E-state index contributed by atoms with van der Waals surface area (Å²) in [7, 11) is 1.63. The maximum absolute atomic E-state index is 13.4. The van der Waals surface area contributed by atoms with Crippen molar-refractivity contribution >= 4 is 23.2 Å². The Morgan fingerprint density at radius 3 is 2.34 bits per heavy atom. The maximum atomic E-state index is 13.4. The van der Waals surface area contributed by atoms with E-state index < -0.39 is 5.41 Å². The van der Waals surface area contributed by atoms with Crippen LogP contribution in [0.4, 0.5) is 11.4 Å². The molecule has 2 aromatic carbocycles. The molecule has 2 saturated heterocycles. The third-order valence-electron chi connectivity index (χ3n) is 5.93. The fourth-order valence-electron chi connectivity index (χ4n) is 4.17. The van der Waals surface area contributed by atoms with Crippen molar-refractivity contribution < 1.29 is 19.1 Å². The number of ether oxygens (including phenoxy) is 2. The van der Waals surface area contributed by atoms with Gasteiger partial charge < -0.3 is 19.7 Å². The second-order valence-corrected chi connectivity index (χ2v) is 7.57. The summed E-state index contributed by atoms with van der Waals surface area (Å²) in [5, 5.41) is 3.08. The van der Waals surface area contributed by atoms with Crippen LogP contribution in [-0.2, 0) is 19.7 Å². The highest BCUT2D eigenvalue weighted by atomic mass is 16.5. The summed E-state index contributed by atoms with van der Waals surface area (Å²) in [4.78, 5) is 27.1. The van der Waals surface area contributed by atoms with Crippen LogP contribution in [0.2, 0.25) is 0 Å². The fraction of sp³-hybridized carbons (Fsp3) is 0.391. The van der Waals surface area contributed by atoms with Crippen molar-refractivity contribution in [1.29, 1.82) is 0 Å². The predicted octanol–water partition coefficient (Wildman–Crippen LogP) is 3.51. The molecule has 0 aromatic heterocycles. The number of carbonyl (C=O) groups excluding carboxylic acids is 2. The first kappa shape index (κ1) is 19.5. The Morgan fingerprint density at radius 2 is 1.76 bits per heavy atom. The molecule has 0 radical (unpaired) electrons. The van der Waals surface area contributed by atoms with E-state index in [2.05, 4.69) is 5.32 Å². The summed E-state index contributed by atoms with van der Waals surface area (Å²) in [6, 6.07) is 15.2. The summed E-state index contributed by atoms with van der Waals surface area (Å²) in [6.07, 6.45) is 2.76. The van der Waals surface area contributed by atoms with Crippen molar-refractivity contribution in [2.45, 2.75) is 31.1 Å². The fourth-order valence-corrected chi connectivity index (χ4v) is 4.17. The molecular formula is C23H26N2O4. The highest BCUT2D eigenvalue weighted by Crippen LogP contribution is 2.37. The van der Waals surface area contributed by atoms with E-state index in [0.29, 0.717) is 32.5 Å². The number of nitrogens with one attached hydrogen (secondary N) is 1. The second-order valence-electron chi connectivity index (χ2n) is 7.57. The van der Waals surface area contributed by atoms with Crippen LogP contribution in [0.25, 0.3) is 0 Å². The van der Waals surface area contributed by atoms with Crippen molar-refractivity contribution in [3.63, 3.8) is 0 Å². The van der Waals surface area contributed by atoms with Crippen molar-refractivity contribution in [3.8, 4) is 5.75 Å². The molecule has 29 heavy (non-hydrogen) atoms. The Hall–Kier alpha value is -2.86. The molecule has 1 N–H and O–H groups in total. The van der Waals surface area contributed by atoms with E-state index in [4.69, 9.17) is 9.47 Å². The number of nitrogens with zero attached hydrogens (tertiary/aromatic N) is 1. The predicted molar refractivity (Wildman–Crippen MR) is 111 cm³/mol. The van der Waals surface area contributed by atoms with Crippen LogP contribution in [0, 0.1) is 0 Å². The zero-order chi connectivity index (χ0) is 20.3. The molecule has 6 heteroatoms. The monoisotopic (exact) mass is 394 g/mol. The summed E-state index contributed by atoms with van der Waals surface area (Å²) in [5.41, 5.74) is 1.94. The Morgan fingerprint density at radius 1 is 1.07 bits per heavy atom. The molecule has 0 unspecified atom stereocenters. The van der Waals surface area contributed by atoms with Gasteiger partial charge in [-0.25, -0.2) is 0 Å². The molecule has 2 heterocycles. The molecule has 152 valence electrons. The third-order valence-corrected chi connectivity index (χ3v) is 5.93. The molecule has 2 aliphatic rings. The van der Waals surface area contributed by atoms with Gasteiger partial charge in [-0.1, -0.05) is 12.1 Å². The second kappa shape index (κ2) is 8.25. The Balaban J connectivity index is 1.54. The SMILES string of the molecule is COc1ccc(C2(C(=O)Nc3ccc(N4CCCC4=O)cc3)CCOCC2)cc1. The minimum atomic E-state index is -0.631. The number of methoxy groups -OCH3 is 1.